The number of nitrogens with one attached hydrogen (secondary N) is 1. The Bertz CT molecular complexity index is 368. The summed E-state index contributed by atoms with van der Waals surface area (Å²) in [6.45, 7) is 4.87. The van der Waals surface area contributed by atoms with Gasteiger partial charge in [-0.1, -0.05) is 30.3 Å². The Morgan fingerprint density at radius 1 is 1.00 bits per heavy atom. The summed E-state index contributed by atoms with van der Waals surface area (Å²) < 4.78 is 0. The zero-order valence-corrected chi connectivity index (χ0v) is 11.2. The van der Waals surface area contributed by atoms with E-state index < -0.39 is 0 Å². The number of nitrogens with zero attached hydrogens (tertiary/aromatic N) is 1. The second-order valence-corrected chi connectivity index (χ2v) is 5.93. The Hall–Kier alpha value is -0.860. The first-order valence-corrected chi connectivity index (χ1v) is 7.38. The van der Waals surface area contributed by atoms with Gasteiger partial charge in [0, 0.05) is 18.6 Å². The van der Waals surface area contributed by atoms with E-state index in [1.165, 1.54) is 57.3 Å². The molecule has 1 N–H and O–H groups in total. The zero-order valence-electron chi connectivity index (χ0n) is 11.2. The summed E-state index contributed by atoms with van der Waals surface area (Å²) in [4.78, 5) is 2.63. The number of hydrogen-bond acceptors (Lipinski definition) is 2. The predicted octanol–water partition coefficient (Wildman–Crippen LogP) is 2.79. The van der Waals surface area contributed by atoms with E-state index in [4.69, 9.17) is 0 Å². The summed E-state index contributed by atoms with van der Waals surface area (Å²) in [6, 6.07) is 10.9. The van der Waals surface area contributed by atoms with Crippen molar-refractivity contribution in [3.8, 4) is 0 Å². The van der Waals surface area contributed by atoms with Gasteiger partial charge >= 0.3 is 0 Å². The van der Waals surface area contributed by atoms with E-state index in [0.29, 0.717) is 5.54 Å². The van der Waals surface area contributed by atoms with Crippen LogP contribution in [0.2, 0.25) is 0 Å². The summed E-state index contributed by atoms with van der Waals surface area (Å²) in [5.74, 6) is 0. The topological polar surface area (TPSA) is 15.3 Å². The fourth-order valence-corrected chi connectivity index (χ4v) is 3.55. The van der Waals surface area contributed by atoms with Crippen LogP contribution in [0.3, 0.4) is 0 Å². The van der Waals surface area contributed by atoms with E-state index in [-0.39, 0.29) is 0 Å². The molecule has 2 nitrogen and oxygen atoms in total. The first-order chi connectivity index (χ1) is 8.86. The Balaban J connectivity index is 1.59. The minimum atomic E-state index is 0.492. The molecule has 3 rings (SSSR count). The maximum Gasteiger partial charge on any atom is 0.0233 e. The van der Waals surface area contributed by atoms with Crippen molar-refractivity contribution in [3.05, 3.63) is 35.9 Å². The largest absolute Gasteiger partial charge is 0.311 e. The molecular weight excluding hydrogens is 220 g/mol. The standard InChI is InChI=1S/C16H24N2/c1-2-6-15(7-3-1)14-18-12-5-9-16(10-13-18)8-4-11-17-16/h1-3,6-7,17H,4-5,8-14H2. The van der Waals surface area contributed by atoms with E-state index in [1.807, 2.05) is 0 Å². The van der Waals surface area contributed by atoms with Crippen molar-refractivity contribution in [2.24, 2.45) is 0 Å². The third-order valence-corrected chi connectivity index (χ3v) is 4.62. The molecule has 2 aliphatic rings. The van der Waals surface area contributed by atoms with Crippen LogP contribution in [0.1, 0.15) is 37.7 Å². The molecule has 1 aromatic carbocycles. The minimum Gasteiger partial charge on any atom is -0.311 e. The van der Waals surface area contributed by atoms with Crippen molar-refractivity contribution in [1.29, 1.82) is 0 Å². The monoisotopic (exact) mass is 244 g/mol. The summed E-state index contributed by atoms with van der Waals surface area (Å²) in [7, 11) is 0. The van der Waals surface area contributed by atoms with E-state index in [9.17, 15) is 0 Å². The van der Waals surface area contributed by atoms with Crippen LogP contribution in [0.15, 0.2) is 30.3 Å². The lowest BCUT2D eigenvalue weighted by Crippen LogP contribution is -2.40. The van der Waals surface area contributed by atoms with E-state index in [0.717, 1.165) is 6.54 Å². The van der Waals surface area contributed by atoms with Crippen LogP contribution in [0.4, 0.5) is 0 Å². The normalized spacial score (nSPS) is 29.6. The van der Waals surface area contributed by atoms with Gasteiger partial charge in [0.05, 0.1) is 0 Å². The van der Waals surface area contributed by atoms with Gasteiger partial charge in [-0.15, -0.1) is 0 Å². The van der Waals surface area contributed by atoms with Gasteiger partial charge < -0.3 is 5.32 Å². The molecule has 2 heterocycles. The lowest BCUT2D eigenvalue weighted by molar-refractivity contribution is 0.261. The highest BCUT2D eigenvalue weighted by molar-refractivity contribution is 5.14. The quantitative estimate of drug-likeness (QED) is 0.860. The number of rotatable bonds is 2. The summed E-state index contributed by atoms with van der Waals surface area (Å²) in [5, 5.41) is 3.77. The van der Waals surface area contributed by atoms with Crippen molar-refractivity contribution in [2.75, 3.05) is 19.6 Å². The Labute approximate surface area is 110 Å². The molecule has 0 radical (unpaired) electrons. The highest BCUT2D eigenvalue weighted by Crippen LogP contribution is 2.31. The fraction of sp³-hybridized carbons (Fsp3) is 0.625. The van der Waals surface area contributed by atoms with E-state index in [2.05, 4.69) is 40.5 Å². The Morgan fingerprint density at radius 2 is 1.83 bits per heavy atom. The minimum absolute atomic E-state index is 0.492. The smallest absolute Gasteiger partial charge is 0.0233 e. The van der Waals surface area contributed by atoms with Gasteiger partial charge in [-0.3, -0.25) is 4.90 Å². The maximum atomic E-state index is 3.77. The molecule has 18 heavy (non-hydrogen) atoms. The second kappa shape index (κ2) is 5.41. The summed E-state index contributed by atoms with van der Waals surface area (Å²) in [6.07, 6.45) is 6.82. The third kappa shape index (κ3) is 2.76. The molecule has 1 unspecified atom stereocenters. The van der Waals surface area contributed by atoms with Gasteiger partial charge in [0.1, 0.15) is 0 Å². The van der Waals surface area contributed by atoms with Gasteiger partial charge in [0.15, 0.2) is 0 Å². The van der Waals surface area contributed by atoms with Crippen LogP contribution in [0.5, 0.6) is 0 Å². The highest BCUT2D eigenvalue weighted by Gasteiger charge is 2.34. The van der Waals surface area contributed by atoms with Crippen molar-refractivity contribution in [1.82, 2.24) is 10.2 Å². The number of benzene rings is 1. The SMILES string of the molecule is c1ccc(CN2CCCC3(CCCN3)CC2)cc1. The molecule has 1 spiro atoms. The van der Waals surface area contributed by atoms with Crippen LogP contribution in [-0.4, -0.2) is 30.1 Å². The van der Waals surface area contributed by atoms with Gasteiger partial charge in [-0.05, 0) is 50.8 Å². The van der Waals surface area contributed by atoms with Crippen molar-refractivity contribution < 1.29 is 0 Å². The molecule has 1 aromatic rings. The molecule has 2 heteroatoms. The molecule has 0 bridgehead atoms. The number of likely N-dealkylation sites (tertiary alicyclic amines) is 1. The number of hydrogen-bond donors (Lipinski definition) is 1. The van der Waals surface area contributed by atoms with E-state index in [1.54, 1.807) is 0 Å². The van der Waals surface area contributed by atoms with Crippen LogP contribution in [0.25, 0.3) is 0 Å². The average Bonchev–Trinajstić information content (AvgIpc) is 2.77. The molecule has 98 valence electrons. The highest BCUT2D eigenvalue weighted by atomic mass is 15.1. The molecule has 2 aliphatic heterocycles. The van der Waals surface area contributed by atoms with Crippen molar-refractivity contribution in [3.63, 3.8) is 0 Å². The van der Waals surface area contributed by atoms with Crippen molar-refractivity contribution in [2.45, 2.75) is 44.2 Å². The molecule has 0 amide bonds. The molecule has 2 saturated heterocycles. The van der Waals surface area contributed by atoms with Crippen LogP contribution in [-0.2, 0) is 6.54 Å². The summed E-state index contributed by atoms with van der Waals surface area (Å²) in [5.41, 5.74) is 1.94. The van der Waals surface area contributed by atoms with Crippen LogP contribution in [0, 0.1) is 0 Å². The van der Waals surface area contributed by atoms with Crippen LogP contribution < -0.4 is 5.32 Å². The second-order valence-electron chi connectivity index (χ2n) is 5.93. The van der Waals surface area contributed by atoms with Crippen molar-refractivity contribution >= 4 is 0 Å². The van der Waals surface area contributed by atoms with E-state index >= 15 is 0 Å². The third-order valence-electron chi connectivity index (χ3n) is 4.62. The molecular formula is C16H24N2. The predicted molar refractivity (Wildman–Crippen MR) is 75.5 cm³/mol. The zero-order chi connectivity index (χ0) is 12.3. The maximum absolute atomic E-state index is 3.77. The molecule has 1 atom stereocenters. The first kappa shape index (κ1) is 12.2. The summed E-state index contributed by atoms with van der Waals surface area (Å²) >= 11 is 0. The van der Waals surface area contributed by atoms with Crippen LogP contribution >= 0.6 is 0 Å². The molecule has 0 saturated carbocycles. The van der Waals surface area contributed by atoms with Gasteiger partial charge in [-0.25, -0.2) is 0 Å². The fourth-order valence-electron chi connectivity index (χ4n) is 3.55. The van der Waals surface area contributed by atoms with Gasteiger partial charge in [0.25, 0.3) is 0 Å². The van der Waals surface area contributed by atoms with Gasteiger partial charge in [0.2, 0.25) is 0 Å². The molecule has 0 aliphatic carbocycles. The Morgan fingerprint density at radius 3 is 2.61 bits per heavy atom. The average molecular weight is 244 g/mol. The lowest BCUT2D eigenvalue weighted by atomic mass is 9.89. The molecule has 2 fully saturated rings. The molecule has 0 aromatic heterocycles. The lowest BCUT2D eigenvalue weighted by Gasteiger charge is -2.28. The van der Waals surface area contributed by atoms with Gasteiger partial charge in [-0.2, -0.15) is 0 Å². The first-order valence-electron chi connectivity index (χ1n) is 7.38. The Kier molecular flexibility index (Phi) is 3.67.